The smallest absolute Gasteiger partial charge is 0.444 e. The number of carbonyl (C=O) groups excluding carboxylic acids is 3. The Morgan fingerprint density at radius 2 is 1.48 bits per heavy atom. The van der Waals surface area contributed by atoms with Gasteiger partial charge in [0.15, 0.2) is 0 Å². The van der Waals surface area contributed by atoms with Gasteiger partial charge in [0.2, 0.25) is 0 Å². The predicted octanol–water partition coefficient (Wildman–Crippen LogP) is 3.03. The molecule has 1 amide bonds. The second-order valence-corrected chi connectivity index (χ2v) is 7.22. The molecule has 1 fully saturated rings. The van der Waals surface area contributed by atoms with Gasteiger partial charge in [-0.15, -0.1) is 0 Å². The number of hydrogen-bond acceptors (Lipinski definition) is 7. The lowest BCUT2D eigenvalue weighted by Gasteiger charge is -2.27. The van der Waals surface area contributed by atoms with Crippen molar-refractivity contribution in [2.75, 3.05) is 6.54 Å². The molecule has 1 atom stereocenters. The molecule has 0 bridgehead atoms. The van der Waals surface area contributed by atoms with Crippen LogP contribution >= 0.6 is 0 Å². The molecule has 1 rings (SSSR count). The quantitative estimate of drug-likeness (QED) is 0.579. The summed E-state index contributed by atoms with van der Waals surface area (Å²) in [4.78, 5) is 36.9. The van der Waals surface area contributed by atoms with E-state index in [2.05, 4.69) is 4.74 Å². The van der Waals surface area contributed by atoms with Gasteiger partial charge in [-0.3, -0.25) is 4.90 Å². The largest absolute Gasteiger partial charge is 0.516 e. The fraction of sp³-hybridized carbons (Fsp3) is 0.800. The summed E-state index contributed by atoms with van der Waals surface area (Å²) < 4.78 is 14.8. The van der Waals surface area contributed by atoms with Crippen molar-refractivity contribution in [1.29, 1.82) is 0 Å². The van der Waals surface area contributed by atoms with E-state index < -0.39 is 35.5 Å². The third-order valence-electron chi connectivity index (χ3n) is 2.73. The highest BCUT2D eigenvalue weighted by molar-refractivity contribution is 5.88. The first-order valence-electron chi connectivity index (χ1n) is 7.33. The third-order valence-corrected chi connectivity index (χ3v) is 2.73. The first-order chi connectivity index (χ1) is 9.89. The van der Waals surface area contributed by atoms with Gasteiger partial charge in [-0.05, 0) is 54.4 Å². The van der Waals surface area contributed by atoms with Crippen LogP contribution in [0.3, 0.4) is 0 Å². The van der Waals surface area contributed by atoms with Crippen molar-refractivity contribution >= 4 is 18.2 Å². The lowest BCUT2D eigenvalue weighted by molar-refractivity contribution is -0.146. The lowest BCUT2D eigenvalue weighted by Crippen LogP contribution is -2.44. The highest BCUT2D eigenvalue weighted by atomic mass is 16.7. The van der Waals surface area contributed by atoms with E-state index in [0.29, 0.717) is 19.4 Å². The maximum Gasteiger partial charge on any atom is 0.516 e. The zero-order valence-corrected chi connectivity index (χ0v) is 14.8. The van der Waals surface area contributed by atoms with Gasteiger partial charge in [0.25, 0.3) is 0 Å². The molecule has 134 valence electrons. The molecule has 8 nitrogen and oxygen atoms in total. The fourth-order valence-corrected chi connectivity index (χ4v) is 1.97. The summed E-state index contributed by atoms with van der Waals surface area (Å²) in [6, 6.07) is -0.817. The molecular weight excluding hydrogens is 304 g/mol. The van der Waals surface area contributed by atoms with Crippen LogP contribution in [0.25, 0.3) is 0 Å². The molecule has 0 saturated carbocycles. The standard InChI is InChI=1S/C15H25NO6.H3N/c1-14(2,3)21-12(18)16-9-7-8-10(16)11(17)20-13(19)22-15(4,5)6;/h10H,7-9H2,1-6H3;1H3. The SMILES string of the molecule is CC(C)(C)OC(=O)OC(=O)C1CCCN1C(=O)OC(C)(C)C.N. The number of ether oxygens (including phenoxy) is 3. The second-order valence-electron chi connectivity index (χ2n) is 7.22. The molecule has 1 unspecified atom stereocenters. The summed E-state index contributed by atoms with van der Waals surface area (Å²) in [5.41, 5.74) is -1.41. The van der Waals surface area contributed by atoms with Crippen molar-refractivity contribution in [3.8, 4) is 0 Å². The molecule has 0 aromatic heterocycles. The Bertz CT molecular complexity index is 450. The van der Waals surface area contributed by atoms with Crippen LogP contribution in [0.15, 0.2) is 0 Å². The van der Waals surface area contributed by atoms with Crippen molar-refractivity contribution in [3.63, 3.8) is 0 Å². The predicted molar refractivity (Wildman–Crippen MR) is 83.3 cm³/mol. The van der Waals surface area contributed by atoms with E-state index in [4.69, 9.17) is 9.47 Å². The molecule has 0 radical (unpaired) electrons. The zero-order valence-electron chi connectivity index (χ0n) is 14.8. The van der Waals surface area contributed by atoms with Crippen LogP contribution in [-0.4, -0.2) is 46.9 Å². The number of likely N-dealkylation sites (tertiary alicyclic amines) is 1. The Kier molecular flexibility index (Phi) is 7.02. The second kappa shape index (κ2) is 7.63. The summed E-state index contributed by atoms with van der Waals surface area (Å²) in [6.07, 6.45) is -0.571. The zero-order chi connectivity index (χ0) is 17.1. The van der Waals surface area contributed by atoms with Crippen LogP contribution in [0.4, 0.5) is 9.59 Å². The molecule has 1 saturated heterocycles. The van der Waals surface area contributed by atoms with Gasteiger partial charge in [0, 0.05) is 6.54 Å². The number of esters is 1. The summed E-state index contributed by atoms with van der Waals surface area (Å²) in [5, 5.41) is 0. The number of carbonyl (C=O) groups is 3. The molecule has 1 heterocycles. The van der Waals surface area contributed by atoms with E-state index in [-0.39, 0.29) is 6.15 Å². The van der Waals surface area contributed by atoms with E-state index in [9.17, 15) is 14.4 Å². The van der Waals surface area contributed by atoms with E-state index in [1.54, 1.807) is 41.5 Å². The molecule has 0 aromatic carbocycles. The highest BCUT2D eigenvalue weighted by Crippen LogP contribution is 2.22. The maximum atomic E-state index is 12.1. The van der Waals surface area contributed by atoms with Crippen LogP contribution in [0, 0.1) is 0 Å². The average molecular weight is 332 g/mol. The van der Waals surface area contributed by atoms with Crippen LogP contribution in [0.1, 0.15) is 54.4 Å². The number of rotatable bonds is 1. The maximum absolute atomic E-state index is 12.1. The average Bonchev–Trinajstić information content (AvgIpc) is 2.71. The van der Waals surface area contributed by atoms with E-state index in [1.165, 1.54) is 4.90 Å². The fourth-order valence-electron chi connectivity index (χ4n) is 1.97. The van der Waals surface area contributed by atoms with Crippen molar-refractivity contribution < 1.29 is 28.6 Å². The molecule has 0 aromatic rings. The minimum absolute atomic E-state index is 0. The van der Waals surface area contributed by atoms with Crippen LogP contribution in [0.5, 0.6) is 0 Å². The summed E-state index contributed by atoms with van der Waals surface area (Å²) in [6.45, 7) is 10.6. The molecule has 1 aliphatic heterocycles. The number of nitrogens with zero attached hydrogens (tertiary/aromatic N) is 1. The lowest BCUT2D eigenvalue weighted by atomic mass is 10.2. The Balaban J connectivity index is 0.00000484. The van der Waals surface area contributed by atoms with Gasteiger partial charge in [0.05, 0.1) is 0 Å². The monoisotopic (exact) mass is 332 g/mol. The Morgan fingerprint density at radius 1 is 0.957 bits per heavy atom. The molecule has 8 heteroatoms. The Hall–Kier alpha value is -1.83. The van der Waals surface area contributed by atoms with Crippen molar-refractivity contribution in [2.45, 2.75) is 71.6 Å². The van der Waals surface area contributed by atoms with Crippen LogP contribution < -0.4 is 6.15 Å². The minimum atomic E-state index is -1.06. The van der Waals surface area contributed by atoms with Gasteiger partial charge in [-0.2, -0.15) is 0 Å². The van der Waals surface area contributed by atoms with Gasteiger partial charge < -0.3 is 20.4 Å². The third kappa shape index (κ3) is 7.32. The minimum Gasteiger partial charge on any atom is -0.444 e. The molecule has 0 spiro atoms. The number of hydrogen-bond donors (Lipinski definition) is 1. The summed E-state index contributed by atoms with van der Waals surface area (Å²) >= 11 is 0. The normalized spacial score (nSPS) is 18.0. The molecule has 0 aliphatic carbocycles. The molecular formula is C15H28N2O6. The van der Waals surface area contributed by atoms with Gasteiger partial charge in [-0.1, -0.05) is 0 Å². The molecule has 23 heavy (non-hydrogen) atoms. The van der Waals surface area contributed by atoms with E-state index in [0.717, 1.165) is 0 Å². The first-order valence-corrected chi connectivity index (χ1v) is 7.33. The van der Waals surface area contributed by atoms with Gasteiger partial charge in [-0.25, -0.2) is 14.4 Å². The van der Waals surface area contributed by atoms with Crippen LogP contribution in [-0.2, 0) is 19.0 Å². The first kappa shape index (κ1) is 21.2. The number of amides is 1. The highest BCUT2D eigenvalue weighted by Gasteiger charge is 2.39. The van der Waals surface area contributed by atoms with Crippen molar-refractivity contribution in [3.05, 3.63) is 0 Å². The topological polar surface area (TPSA) is 117 Å². The molecule has 1 aliphatic rings. The van der Waals surface area contributed by atoms with E-state index in [1.807, 2.05) is 0 Å². The van der Waals surface area contributed by atoms with Crippen molar-refractivity contribution in [2.24, 2.45) is 0 Å². The Labute approximate surface area is 137 Å². The molecule has 3 N–H and O–H groups in total. The van der Waals surface area contributed by atoms with Crippen molar-refractivity contribution in [1.82, 2.24) is 11.1 Å². The Morgan fingerprint density at radius 3 is 1.96 bits per heavy atom. The summed E-state index contributed by atoms with van der Waals surface area (Å²) in [5.74, 6) is -0.794. The van der Waals surface area contributed by atoms with Gasteiger partial charge >= 0.3 is 18.2 Å². The van der Waals surface area contributed by atoms with E-state index >= 15 is 0 Å². The summed E-state index contributed by atoms with van der Waals surface area (Å²) in [7, 11) is 0. The van der Waals surface area contributed by atoms with Crippen LogP contribution in [0.2, 0.25) is 0 Å². The van der Waals surface area contributed by atoms with Gasteiger partial charge in [0.1, 0.15) is 17.2 Å².